The summed E-state index contributed by atoms with van der Waals surface area (Å²) < 4.78 is 14.8. The maximum absolute atomic E-state index is 11.7. The van der Waals surface area contributed by atoms with Gasteiger partial charge in [-0.1, -0.05) is 0 Å². The Hall–Kier alpha value is -3.01. The van der Waals surface area contributed by atoms with Crippen LogP contribution < -0.4 is 9.47 Å². The van der Waals surface area contributed by atoms with Crippen molar-refractivity contribution < 1.29 is 28.9 Å². The molecule has 0 unspecified atom stereocenters. The van der Waals surface area contributed by atoms with Crippen LogP contribution in [0.1, 0.15) is 15.9 Å². The predicted molar refractivity (Wildman–Crippen MR) is 72.1 cm³/mol. The van der Waals surface area contributed by atoms with Crippen molar-refractivity contribution in [1.82, 2.24) is 0 Å². The van der Waals surface area contributed by atoms with E-state index in [9.17, 15) is 9.59 Å². The average molecular weight is 291 g/mol. The number of carboxylic acids is 1. The molecule has 7 heteroatoms. The first kappa shape index (κ1) is 16.0. The second-order valence-corrected chi connectivity index (χ2v) is 3.76. The zero-order valence-electron chi connectivity index (χ0n) is 11.7. The van der Waals surface area contributed by atoms with Crippen LogP contribution in [-0.2, 0) is 9.53 Å². The van der Waals surface area contributed by atoms with Crippen LogP contribution >= 0.6 is 0 Å². The highest BCUT2D eigenvalue weighted by atomic mass is 16.5. The summed E-state index contributed by atoms with van der Waals surface area (Å²) in [6, 6.07) is 4.30. The summed E-state index contributed by atoms with van der Waals surface area (Å²) in [5, 5.41) is 17.7. The molecule has 0 saturated carbocycles. The quantitative estimate of drug-likeness (QED) is 0.497. The van der Waals surface area contributed by atoms with Gasteiger partial charge >= 0.3 is 11.9 Å². The molecule has 1 aromatic rings. The Morgan fingerprint density at radius 3 is 2.24 bits per heavy atom. The average Bonchev–Trinajstić information content (AvgIpc) is 2.50. The Morgan fingerprint density at radius 2 is 1.81 bits per heavy atom. The Bertz CT molecular complexity index is 642. The molecule has 0 heterocycles. The van der Waals surface area contributed by atoms with Gasteiger partial charge in [0.25, 0.3) is 0 Å². The highest BCUT2D eigenvalue weighted by molar-refractivity contribution is 5.98. The molecule has 0 aliphatic rings. The Morgan fingerprint density at radius 1 is 1.19 bits per heavy atom. The molecule has 0 fully saturated rings. The molecule has 0 amide bonds. The number of carbonyl (C=O) groups excluding carboxylic acids is 1. The van der Waals surface area contributed by atoms with Crippen LogP contribution in [0.3, 0.4) is 0 Å². The molecule has 0 atom stereocenters. The van der Waals surface area contributed by atoms with Crippen LogP contribution in [0.2, 0.25) is 0 Å². The van der Waals surface area contributed by atoms with Crippen LogP contribution in [0.15, 0.2) is 17.7 Å². The Balaban J connectivity index is 3.54. The Labute approximate surface area is 121 Å². The number of esters is 1. The summed E-state index contributed by atoms with van der Waals surface area (Å²) in [6.07, 6.45) is 1.10. The second kappa shape index (κ2) is 6.96. The third kappa shape index (κ3) is 3.51. The molecule has 21 heavy (non-hydrogen) atoms. The van der Waals surface area contributed by atoms with E-state index in [1.165, 1.54) is 33.5 Å². The van der Waals surface area contributed by atoms with Gasteiger partial charge in [0.1, 0.15) is 28.7 Å². The second-order valence-electron chi connectivity index (χ2n) is 3.76. The fourth-order valence-electron chi connectivity index (χ4n) is 1.60. The topological polar surface area (TPSA) is 106 Å². The molecule has 1 aromatic carbocycles. The summed E-state index contributed by atoms with van der Waals surface area (Å²) in [5.74, 6) is -1.56. The highest BCUT2D eigenvalue weighted by Crippen LogP contribution is 2.31. The molecule has 0 radical (unpaired) electrons. The lowest BCUT2D eigenvalue weighted by molar-refractivity contribution is -0.132. The van der Waals surface area contributed by atoms with E-state index in [2.05, 4.69) is 4.74 Å². The summed E-state index contributed by atoms with van der Waals surface area (Å²) in [7, 11) is 3.95. The van der Waals surface area contributed by atoms with Gasteiger partial charge in [-0.15, -0.1) is 0 Å². The summed E-state index contributed by atoms with van der Waals surface area (Å²) in [4.78, 5) is 22.6. The molecule has 1 N–H and O–H groups in total. The van der Waals surface area contributed by atoms with Gasteiger partial charge in [0.15, 0.2) is 0 Å². The van der Waals surface area contributed by atoms with Crippen LogP contribution in [0, 0.1) is 11.3 Å². The Kier molecular flexibility index (Phi) is 5.31. The molecule has 0 aliphatic carbocycles. The maximum Gasteiger partial charge on any atom is 0.346 e. The van der Waals surface area contributed by atoms with E-state index in [-0.39, 0.29) is 22.6 Å². The SMILES string of the molecule is COC(=O)c1cc(/C=C(\C#N)C(=O)O)c(OC)cc1OC. The first-order chi connectivity index (χ1) is 9.98. The minimum Gasteiger partial charge on any atom is -0.496 e. The summed E-state index contributed by atoms with van der Waals surface area (Å²) in [5.41, 5.74) is -0.151. The molecular formula is C14H13NO6. The number of carboxylic acid groups (broad SMARTS) is 1. The summed E-state index contributed by atoms with van der Waals surface area (Å²) in [6.45, 7) is 0. The van der Waals surface area contributed by atoms with E-state index < -0.39 is 17.5 Å². The normalized spacial score (nSPS) is 10.5. The van der Waals surface area contributed by atoms with Crippen molar-refractivity contribution in [1.29, 1.82) is 5.26 Å². The number of hydrogen-bond donors (Lipinski definition) is 1. The third-order valence-electron chi connectivity index (χ3n) is 2.61. The lowest BCUT2D eigenvalue weighted by Gasteiger charge is -2.12. The molecule has 0 saturated heterocycles. The number of nitrogens with zero attached hydrogens (tertiary/aromatic N) is 1. The monoisotopic (exact) mass is 291 g/mol. The number of benzene rings is 1. The van der Waals surface area contributed by atoms with Crippen molar-refractivity contribution in [3.63, 3.8) is 0 Å². The van der Waals surface area contributed by atoms with E-state index in [1.807, 2.05) is 0 Å². The first-order valence-corrected chi connectivity index (χ1v) is 5.67. The van der Waals surface area contributed by atoms with E-state index in [0.717, 1.165) is 6.08 Å². The van der Waals surface area contributed by atoms with E-state index in [0.29, 0.717) is 0 Å². The molecule has 0 bridgehead atoms. The fraction of sp³-hybridized carbons (Fsp3) is 0.214. The van der Waals surface area contributed by atoms with Crippen molar-refractivity contribution in [3.05, 3.63) is 28.8 Å². The third-order valence-corrected chi connectivity index (χ3v) is 2.61. The van der Waals surface area contributed by atoms with Crippen LogP contribution in [-0.4, -0.2) is 38.4 Å². The van der Waals surface area contributed by atoms with Gasteiger partial charge in [0, 0.05) is 11.6 Å². The molecule has 0 aromatic heterocycles. The number of rotatable bonds is 5. The van der Waals surface area contributed by atoms with Gasteiger partial charge in [-0.05, 0) is 12.1 Å². The van der Waals surface area contributed by atoms with Crippen molar-refractivity contribution in [2.24, 2.45) is 0 Å². The number of carbonyl (C=O) groups is 2. The molecule has 0 spiro atoms. The number of methoxy groups -OCH3 is 3. The number of hydrogen-bond acceptors (Lipinski definition) is 6. The van der Waals surface area contributed by atoms with Gasteiger partial charge in [-0.25, -0.2) is 9.59 Å². The van der Waals surface area contributed by atoms with Gasteiger partial charge < -0.3 is 19.3 Å². The summed E-state index contributed by atoms with van der Waals surface area (Å²) >= 11 is 0. The zero-order valence-corrected chi connectivity index (χ0v) is 11.7. The van der Waals surface area contributed by atoms with E-state index in [1.54, 1.807) is 6.07 Å². The van der Waals surface area contributed by atoms with Gasteiger partial charge in [-0.3, -0.25) is 0 Å². The van der Waals surface area contributed by atoms with Crippen molar-refractivity contribution in [3.8, 4) is 17.6 Å². The lowest BCUT2D eigenvalue weighted by atomic mass is 10.1. The van der Waals surface area contributed by atoms with Crippen molar-refractivity contribution in [2.75, 3.05) is 21.3 Å². The largest absolute Gasteiger partial charge is 0.496 e. The van der Waals surface area contributed by atoms with Crippen molar-refractivity contribution in [2.45, 2.75) is 0 Å². The molecule has 7 nitrogen and oxygen atoms in total. The molecule has 0 aliphatic heterocycles. The molecular weight excluding hydrogens is 278 g/mol. The van der Waals surface area contributed by atoms with Gasteiger partial charge in [-0.2, -0.15) is 5.26 Å². The number of aliphatic carboxylic acids is 1. The van der Waals surface area contributed by atoms with Crippen LogP contribution in [0.4, 0.5) is 0 Å². The maximum atomic E-state index is 11.7. The predicted octanol–water partition coefficient (Wildman–Crippen LogP) is 1.48. The van der Waals surface area contributed by atoms with Gasteiger partial charge in [0.05, 0.1) is 21.3 Å². The molecule has 110 valence electrons. The van der Waals surface area contributed by atoms with Crippen molar-refractivity contribution >= 4 is 18.0 Å². The van der Waals surface area contributed by atoms with E-state index >= 15 is 0 Å². The minimum absolute atomic E-state index is 0.0923. The standard InChI is InChI=1S/C14H13NO6/c1-19-11-6-12(20-2)10(14(18)21-3)5-8(11)4-9(7-15)13(16)17/h4-6H,1-3H3,(H,16,17)/b9-4+. The number of nitriles is 1. The lowest BCUT2D eigenvalue weighted by Crippen LogP contribution is -2.06. The zero-order chi connectivity index (χ0) is 16.0. The smallest absolute Gasteiger partial charge is 0.346 e. The fourth-order valence-corrected chi connectivity index (χ4v) is 1.60. The van der Waals surface area contributed by atoms with Gasteiger partial charge in [0.2, 0.25) is 0 Å². The van der Waals surface area contributed by atoms with E-state index in [4.69, 9.17) is 19.8 Å². The van der Waals surface area contributed by atoms with Crippen LogP contribution in [0.25, 0.3) is 6.08 Å². The first-order valence-electron chi connectivity index (χ1n) is 5.67. The highest BCUT2D eigenvalue weighted by Gasteiger charge is 2.18. The van der Waals surface area contributed by atoms with Crippen LogP contribution in [0.5, 0.6) is 11.5 Å². The number of ether oxygens (including phenoxy) is 3. The minimum atomic E-state index is -1.38. The molecule has 1 rings (SSSR count).